The van der Waals surface area contributed by atoms with Crippen LogP contribution in [0.15, 0.2) is 57.7 Å². The maximum Gasteiger partial charge on any atom is 0.291 e. The molecule has 1 aromatic carbocycles. The quantitative estimate of drug-likeness (QED) is 0.682. The van der Waals surface area contributed by atoms with Crippen molar-refractivity contribution in [2.24, 2.45) is 0 Å². The summed E-state index contributed by atoms with van der Waals surface area (Å²) in [5.74, 6) is 0.342. The molecule has 0 spiro atoms. The van der Waals surface area contributed by atoms with E-state index in [1.54, 1.807) is 36.4 Å². The lowest BCUT2D eigenvalue weighted by Gasteiger charge is -2.10. The lowest BCUT2D eigenvalue weighted by molar-refractivity contribution is 0.0841. The number of carbonyl (C=O) groups excluding carboxylic acids is 2. The molecule has 2 N–H and O–H groups in total. The minimum atomic E-state index is -0.611. The van der Waals surface area contributed by atoms with Gasteiger partial charge in [0.1, 0.15) is 5.75 Å². The lowest BCUT2D eigenvalue weighted by atomic mass is 10.2. The summed E-state index contributed by atoms with van der Waals surface area (Å²) in [6, 6.07) is 11.4. The van der Waals surface area contributed by atoms with Crippen LogP contribution in [-0.2, 0) is 0 Å². The van der Waals surface area contributed by atoms with Crippen LogP contribution in [0, 0.1) is 0 Å². The fraction of sp³-hybridized carbons (Fsp3) is 0.167. The van der Waals surface area contributed by atoms with Crippen molar-refractivity contribution in [3.63, 3.8) is 0 Å². The van der Waals surface area contributed by atoms with Crippen molar-refractivity contribution in [3.8, 4) is 17.3 Å². The largest absolute Gasteiger partial charge is 0.491 e. The number of nitrogens with one attached hydrogen (secondary N) is 2. The second-order valence-corrected chi connectivity index (χ2v) is 5.65. The van der Waals surface area contributed by atoms with Gasteiger partial charge in [-0.05, 0) is 50.2 Å². The molecule has 8 heteroatoms. The highest BCUT2D eigenvalue weighted by Crippen LogP contribution is 2.20. The molecule has 3 aromatic rings. The maximum atomic E-state index is 12.1. The molecule has 0 saturated heterocycles. The van der Waals surface area contributed by atoms with Crippen LogP contribution in [0.1, 0.15) is 34.7 Å². The molecule has 0 fully saturated rings. The first-order chi connectivity index (χ1) is 12.5. The molecule has 3 rings (SSSR count). The Morgan fingerprint density at radius 1 is 1.04 bits per heavy atom. The summed E-state index contributed by atoms with van der Waals surface area (Å²) in [7, 11) is 0. The van der Waals surface area contributed by atoms with Crippen LogP contribution in [0.3, 0.4) is 0 Å². The number of rotatable bonds is 5. The topological polar surface area (TPSA) is 107 Å². The van der Waals surface area contributed by atoms with Gasteiger partial charge in [0, 0.05) is 11.6 Å². The Kier molecular flexibility index (Phi) is 5.02. The first-order valence-electron chi connectivity index (χ1n) is 7.91. The first-order valence-corrected chi connectivity index (χ1v) is 7.91. The van der Waals surface area contributed by atoms with Crippen LogP contribution in [-0.4, -0.2) is 23.1 Å². The van der Waals surface area contributed by atoms with Crippen molar-refractivity contribution in [3.05, 3.63) is 60.0 Å². The third-order valence-electron chi connectivity index (χ3n) is 3.28. The summed E-state index contributed by atoms with van der Waals surface area (Å²) in [6.07, 6.45) is 1.53. The van der Waals surface area contributed by atoms with Crippen LogP contribution in [0.4, 0.5) is 0 Å². The standard InChI is InChI=1S/C18H17N3O5/c1-11(2)25-13-7-5-12(6-8-13)17(22)19-20-18(23)14-10-16(26-21-14)15-4-3-9-24-15/h3-11H,1-2H3,(H,19,22)(H,20,23). The fourth-order valence-electron chi connectivity index (χ4n) is 2.12. The monoisotopic (exact) mass is 355 g/mol. The number of carbonyl (C=O) groups is 2. The normalized spacial score (nSPS) is 10.6. The molecule has 0 aliphatic rings. The average molecular weight is 355 g/mol. The second-order valence-electron chi connectivity index (χ2n) is 5.65. The van der Waals surface area contributed by atoms with Gasteiger partial charge < -0.3 is 13.7 Å². The van der Waals surface area contributed by atoms with E-state index in [1.165, 1.54) is 12.3 Å². The van der Waals surface area contributed by atoms with Gasteiger partial charge in [-0.15, -0.1) is 0 Å². The predicted octanol–water partition coefficient (Wildman–Crippen LogP) is 2.80. The van der Waals surface area contributed by atoms with Gasteiger partial charge in [0.2, 0.25) is 5.76 Å². The molecule has 0 bridgehead atoms. The molecule has 0 aliphatic heterocycles. The van der Waals surface area contributed by atoms with Gasteiger partial charge in [0.25, 0.3) is 11.8 Å². The van der Waals surface area contributed by atoms with Crippen LogP contribution < -0.4 is 15.6 Å². The lowest BCUT2D eigenvalue weighted by Crippen LogP contribution is -2.41. The second kappa shape index (κ2) is 7.56. The molecule has 0 unspecified atom stereocenters. The maximum absolute atomic E-state index is 12.1. The first kappa shape index (κ1) is 17.3. The van der Waals surface area contributed by atoms with Crippen molar-refractivity contribution < 1.29 is 23.3 Å². The van der Waals surface area contributed by atoms with Gasteiger partial charge in [-0.1, -0.05) is 5.16 Å². The third kappa shape index (κ3) is 4.10. The zero-order chi connectivity index (χ0) is 18.5. The summed E-state index contributed by atoms with van der Waals surface area (Å²) in [5.41, 5.74) is 4.98. The van der Waals surface area contributed by atoms with Gasteiger partial charge in [0.15, 0.2) is 11.5 Å². The fourth-order valence-corrected chi connectivity index (χ4v) is 2.12. The van der Waals surface area contributed by atoms with Crippen molar-refractivity contribution in [1.82, 2.24) is 16.0 Å². The Bertz CT molecular complexity index is 882. The molecule has 134 valence electrons. The number of hydrogen-bond donors (Lipinski definition) is 2. The Morgan fingerprint density at radius 3 is 2.42 bits per heavy atom. The summed E-state index contributed by atoms with van der Waals surface area (Å²) < 4.78 is 15.7. The smallest absolute Gasteiger partial charge is 0.291 e. The van der Waals surface area contributed by atoms with Crippen LogP contribution >= 0.6 is 0 Å². The van der Waals surface area contributed by atoms with Gasteiger partial charge in [0.05, 0.1) is 12.4 Å². The van der Waals surface area contributed by atoms with Crippen LogP contribution in [0.25, 0.3) is 11.5 Å². The number of furan rings is 1. The van der Waals surface area contributed by atoms with Crippen LogP contribution in [0.2, 0.25) is 0 Å². The Balaban J connectivity index is 1.56. The van der Waals surface area contributed by atoms with E-state index in [4.69, 9.17) is 13.7 Å². The Hall–Kier alpha value is -3.55. The van der Waals surface area contributed by atoms with E-state index in [0.29, 0.717) is 22.8 Å². The highest BCUT2D eigenvalue weighted by molar-refractivity contribution is 5.98. The highest BCUT2D eigenvalue weighted by Gasteiger charge is 2.16. The van der Waals surface area contributed by atoms with Gasteiger partial charge >= 0.3 is 0 Å². The molecule has 2 aromatic heterocycles. The molecule has 26 heavy (non-hydrogen) atoms. The molecule has 0 atom stereocenters. The number of hydrazine groups is 1. The summed E-state index contributed by atoms with van der Waals surface area (Å²) >= 11 is 0. The summed E-state index contributed by atoms with van der Waals surface area (Å²) in [6.45, 7) is 3.83. The van der Waals surface area contributed by atoms with E-state index in [-0.39, 0.29) is 11.8 Å². The van der Waals surface area contributed by atoms with Crippen molar-refractivity contribution in [2.45, 2.75) is 20.0 Å². The minimum absolute atomic E-state index is 0.0115. The van der Waals surface area contributed by atoms with E-state index in [1.807, 2.05) is 13.8 Å². The van der Waals surface area contributed by atoms with Gasteiger partial charge in [-0.3, -0.25) is 20.4 Å². The van der Waals surface area contributed by atoms with E-state index >= 15 is 0 Å². The minimum Gasteiger partial charge on any atom is -0.491 e. The Labute approximate surface area is 149 Å². The van der Waals surface area contributed by atoms with E-state index in [0.717, 1.165) is 0 Å². The molecule has 0 aliphatic carbocycles. The molecule has 2 amide bonds. The van der Waals surface area contributed by atoms with E-state index in [2.05, 4.69) is 16.0 Å². The highest BCUT2D eigenvalue weighted by atomic mass is 16.5. The van der Waals surface area contributed by atoms with Crippen molar-refractivity contribution in [2.75, 3.05) is 0 Å². The predicted molar refractivity (Wildman–Crippen MR) is 91.3 cm³/mol. The third-order valence-corrected chi connectivity index (χ3v) is 3.28. The summed E-state index contributed by atoms with van der Waals surface area (Å²) in [4.78, 5) is 24.1. The Morgan fingerprint density at radius 2 is 1.77 bits per heavy atom. The molecule has 0 saturated carbocycles. The van der Waals surface area contributed by atoms with E-state index < -0.39 is 11.8 Å². The number of benzene rings is 1. The molecular weight excluding hydrogens is 338 g/mol. The number of ether oxygens (including phenoxy) is 1. The molecule has 8 nitrogen and oxygen atoms in total. The van der Waals surface area contributed by atoms with Crippen LogP contribution in [0.5, 0.6) is 5.75 Å². The van der Waals surface area contributed by atoms with Crippen molar-refractivity contribution >= 4 is 11.8 Å². The molecular formula is C18H17N3O5. The number of aromatic nitrogens is 1. The number of hydrogen-bond acceptors (Lipinski definition) is 6. The number of nitrogens with zero attached hydrogens (tertiary/aromatic N) is 1. The van der Waals surface area contributed by atoms with Gasteiger partial charge in [-0.2, -0.15) is 0 Å². The molecule has 2 heterocycles. The number of amides is 2. The SMILES string of the molecule is CC(C)Oc1ccc(C(=O)NNC(=O)c2cc(-c3ccco3)on2)cc1. The molecule has 0 radical (unpaired) electrons. The average Bonchev–Trinajstić information content (AvgIpc) is 3.30. The van der Waals surface area contributed by atoms with Gasteiger partial charge in [-0.25, -0.2) is 0 Å². The van der Waals surface area contributed by atoms with Crippen molar-refractivity contribution in [1.29, 1.82) is 0 Å². The van der Waals surface area contributed by atoms with E-state index in [9.17, 15) is 9.59 Å². The zero-order valence-electron chi connectivity index (χ0n) is 14.2. The summed E-state index contributed by atoms with van der Waals surface area (Å²) in [5, 5.41) is 3.65. The zero-order valence-corrected chi connectivity index (χ0v) is 14.2.